The lowest BCUT2D eigenvalue weighted by Crippen LogP contribution is -2.53. The van der Waals surface area contributed by atoms with E-state index in [9.17, 15) is 0 Å². The van der Waals surface area contributed by atoms with Crippen LogP contribution in [-0.4, -0.2) is 38.7 Å². The monoisotopic (exact) mass is 293 g/mol. The third kappa shape index (κ3) is 2.27. The van der Waals surface area contributed by atoms with Crippen molar-refractivity contribution < 1.29 is 4.74 Å². The number of nitrogens with zero attached hydrogens (tertiary/aromatic N) is 4. The van der Waals surface area contributed by atoms with Gasteiger partial charge in [0.2, 0.25) is 0 Å². The number of rotatable bonds is 3. The molecule has 0 aliphatic carbocycles. The number of pyridine rings is 2. The Bertz CT molecular complexity index is 817. The van der Waals surface area contributed by atoms with Gasteiger partial charge in [-0.05, 0) is 25.1 Å². The van der Waals surface area contributed by atoms with Crippen molar-refractivity contribution in [2.75, 3.05) is 18.5 Å². The summed E-state index contributed by atoms with van der Waals surface area (Å²) in [7, 11) is 0. The Balaban J connectivity index is 1.86. The van der Waals surface area contributed by atoms with E-state index in [1.54, 1.807) is 24.8 Å². The summed E-state index contributed by atoms with van der Waals surface area (Å²) in [6.07, 6.45) is 6.98. The van der Waals surface area contributed by atoms with Crippen molar-refractivity contribution in [2.24, 2.45) is 0 Å². The van der Waals surface area contributed by atoms with Gasteiger partial charge in [0.05, 0.1) is 30.5 Å². The van der Waals surface area contributed by atoms with Crippen LogP contribution in [0, 0.1) is 0 Å². The number of nitrogens with one attached hydrogen (secondary N) is 1. The van der Waals surface area contributed by atoms with Gasteiger partial charge in [-0.1, -0.05) is 0 Å². The molecule has 1 saturated heterocycles. The normalized spacial score (nSPS) is 16.2. The Morgan fingerprint density at radius 2 is 1.82 bits per heavy atom. The maximum atomic E-state index is 5.31. The largest absolute Gasteiger partial charge is 0.376 e. The van der Waals surface area contributed by atoms with E-state index >= 15 is 0 Å². The summed E-state index contributed by atoms with van der Waals surface area (Å²) in [5, 5.41) is 4.45. The van der Waals surface area contributed by atoms with Gasteiger partial charge in [0, 0.05) is 29.5 Å². The van der Waals surface area contributed by atoms with Gasteiger partial charge in [-0.15, -0.1) is 0 Å². The van der Waals surface area contributed by atoms with Crippen LogP contribution in [0.4, 0.5) is 5.82 Å². The van der Waals surface area contributed by atoms with Crippen LogP contribution in [0.25, 0.3) is 22.3 Å². The highest BCUT2D eigenvalue weighted by Gasteiger charge is 2.34. The van der Waals surface area contributed by atoms with Gasteiger partial charge in [-0.25, -0.2) is 9.97 Å². The minimum atomic E-state index is -0.0833. The van der Waals surface area contributed by atoms with Gasteiger partial charge < -0.3 is 10.1 Å². The van der Waals surface area contributed by atoms with Crippen molar-refractivity contribution in [3.8, 4) is 11.4 Å². The van der Waals surface area contributed by atoms with E-state index in [2.05, 4.69) is 27.2 Å². The molecule has 3 aromatic rings. The molecule has 110 valence electrons. The van der Waals surface area contributed by atoms with E-state index in [0.717, 1.165) is 22.3 Å². The van der Waals surface area contributed by atoms with Crippen molar-refractivity contribution >= 4 is 16.7 Å². The number of fused-ring (bicyclic) bond motifs is 1. The maximum absolute atomic E-state index is 5.31. The lowest BCUT2D eigenvalue weighted by molar-refractivity contribution is -0.0319. The van der Waals surface area contributed by atoms with Crippen molar-refractivity contribution in [2.45, 2.75) is 12.5 Å². The lowest BCUT2D eigenvalue weighted by Gasteiger charge is -2.39. The van der Waals surface area contributed by atoms with Gasteiger partial charge in [0.25, 0.3) is 0 Å². The molecule has 0 spiro atoms. The van der Waals surface area contributed by atoms with Gasteiger partial charge in [-0.2, -0.15) is 0 Å². The molecule has 0 aromatic carbocycles. The van der Waals surface area contributed by atoms with Crippen molar-refractivity contribution in [3.63, 3.8) is 0 Å². The summed E-state index contributed by atoms with van der Waals surface area (Å²) < 4.78 is 5.31. The third-order valence-electron chi connectivity index (χ3n) is 3.70. The fourth-order valence-corrected chi connectivity index (χ4v) is 2.47. The molecule has 22 heavy (non-hydrogen) atoms. The van der Waals surface area contributed by atoms with Crippen LogP contribution < -0.4 is 5.32 Å². The van der Waals surface area contributed by atoms with Crippen molar-refractivity contribution in [1.82, 2.24) is 19.9 Å². The first-order valence-corrected chi connectivity index (χ1v) is 7.12. The SMILES string of the molecule is CC1(Nc2nc(-c3ccncc3)nc3cnccc23)COC1. The smallest absolute Gasteiger partial charge is 0.162 e. The molecule has 0 saturated carbocycles. The molecule has 4 rings (SSSR count). The summed E-state index contributed by atoms with van der Waals surface area (Å²) >= 11 is 0. The lowest BCUT2D eigenvalue weighted by atomic mass is 10.0. The predicted molar refractivity (Wildman–Crippen MR) is 83.4 cm³/mol. The van der Waals surface area contributed by atoms with Gasteiger partial charge in [0.1, 0.15) is 5.82 Å². The number of aromatic nitrogens is 4. The second kappa shape index (κ2) is 4.99. The highest BCUT2D eigenvalue weighted by Crippen LogP contribution is 2.28. The fourth-order valence-electron chi connectivity index (χ4n) is 2.47. The van der Waals surface area contributed by atoms with Gasteiger partial charge in [-0.3, -0.25) is 9.97 Å². The molecule has 0 unspecified atom stereocenters. The van der Waals surface area contributed by atoms with E-state index < -0.39 is 0 Å². The summed E-state index contributed by atoms with van der Waals surface area (Å²) in [5.41, 5.74) is 1.66. The Labute approximate surface area is 127 Å². The van der Waals surface area contributed by atoms with E-state index in [-0.39, 0.29) is 5.54 Å². The molecule has 0 atom stereocenters. The highest BCUT2D eigenvalue weighted by atomic mass is 16.5. The quantitative estimate of drug-likeness (QED) is 0.798. The van der Waals surface area contributed by atoms with E-state index in [1.165, 1.54) is 0 Å². The first-order chi connectivity index (χ1) is 10.7. The Morgan fingerprint density at radius 1 is 1.05 bits per heavy atom. The maximum Gasteiger partial charge on any atom is 0.162 e. The molecular formula is C16H15N5O. The Hall–Kier alpha value is -2.60. The van der Waals surface area contributed by atoms with Crippen LogP contribution >= 0.6 is 0 Å². The molecule has 1 fully saturated rings. The van der Waals surface area contributed by atoms with Crippen LogP contribution in [0.3, 0.4) is 0 Å². The highest BCUT2D eigenvalue weighted by molar-refractivity contribution is 5.90. The second-order valence-electron chi connectivity index (χ2n) is 5.70. The molecule has 1 aliphatic rings. The van der Waals surface area contributed by atoms with Crippen LogP contribution in [0.15, 0.2) is 43.0 Å². The first kappa shape index (κ1) is 13.1. The summed E-state index contributed by atoms with van der Waals surface area (Å²) in [6, 6.07) is 5.72. The molecule has 1 N–H and O–H groups in total. The number of hydrogen-bond donors (Lipinski definition) is 1. The van der Waals surface area contributed by atoms with Gasteiger partial charge in [0.15, 0.2) is 5.82 Å². The molecule has 4 heterocycles. The summed E-state index contributed by atoms with van der Waals surface area (Å²) in [6.45, 7) is 3.47. The zero-order valence-corrected chi connectivity index (χ0v) is 12.2. The van der Waals surface area contributed by atoms with Crippen molar-refractivity contribution in [1.29, 1.82) is 0 Å². The molecule has 3 aromatic heterocycles. The van der Waals surface area contributed by atoms with Crippen LogP contribution in [-0.2, 0) is 4.74 Å². The average molecular weight is 293 g/mol. The Kier molecular flexibility index (Phi) is 2.97. The molecular weight excluding hydrogens is 278 g/mol. The standard InChI is InChI=1S/C16H15N5O/c1-16(9-22-10-16)21-15-12-4-7-18-8-13(12)19-14(20-15)11-2-5-17-6-3-11/h2-8H,9-10H2,1H3,(H,19,20,21). The molecule has 0 radical (unpaired) electrons. The second-order valence-corrected chi connectivity index (χ2v) is 5.70. The third-order valence-corrected chi connectivity index (χ3v) is 3.70. The van der Waals surface area contributed by atoms with E-state index in [4.69, 9.17) is 9.72 Å². The topological polar surface area (TPSA) is 72.8 Å². The predicted octanol–water partition coefficient (Wildman–Crippen LogP) is 2.29. The number of ether oxygens (including phenoxy) is 1. The first-order valence-electron chi connectivity index (χ1n) is 7.12. The fraction of sp³-hybridized carbons (Fsp3) is 0.250. The Morgan fingerprint density at radius 3 is 2.55 bits per heavy atom. The minimum absolute atomic E-state index is 0.0833. The van der Waals surface area contributed by atoms with Crippen molar-refractivity contribution in [3.05, 3.63) is 43.0 Å². The average Bonchev–Trinajstić information content (AvgIpc) is 2.54. The summed E-state index contributed by atoms with van der Waals surface area (Å²) in [4.78, 5) is 17.5. The molecule has 0 bridgehead atoms. The zero-order chi connectivity index (χ0) is 15.0. The van der Waals surface area contributed by atoms with Crippen LogP contribution in [0.1, 0.15) is 6.92 Å². The van der Waals surface area contributed by atoms with Crippen LogP contribution in [0.2, 0.25) is 0 Å². The number of anilines is 1. The minimum Gasteiger partial charge on any atom is -0.376 e. The number of hydrogen-bond acceptors (Lipinski definition) is 6. The molecule has 1 aliphatic heterocycles. The molecule has 6 nitrogen and oxygen atoms in total. The van der Waals surface area contributed by atoms with E-state index in [0.29, 0.717) is 19.0 Å². The summed E-state index contributed by atoms with van der Waals surface area (Å²) in [5.74, 6) is 1.47. The molecule has 0 amide bonds. The van der Waals surface area contributed by atoms with Gasteiger partial charge >= 0.3 is 0 Å². The zero-order valence-electron chi connectivity index (χ0n) is 12.2. The molecule has 6 heteroatoms. The van der Waals surface area contributed by atoms with Crippen LogP contribution in [0.5, 0.6) is 0 Å². The van der Waals surface area contributed by atoms with E-state index in [1.807, 2.05) is 18.2 Å².